The van der Waals surface area contributed by atoms with Gasteiger partial charge in [0.1, 0.15) is 24.4 Å². The molecule has 0 saturated heterocycles. The number of benzene rings is 3. The third-order valence-electron chi connectivity index (χ3n) is 4.14. The molecule has 7 N–H and O–H groups in total. The summed E-state index contributed by atoms with van der Waals surface area (Å²) < 4.78 is 39.3. The summed E-state index contributed by atoms with van der Waals surface area (Å²) in [6.45, 7) is 10.9. The quantitative estimate of drug-likeness (QED) is 0.196. The molecule has 42 heavy (non-hydrogen) atoms. The summed E-state index contributed by atoms with van der Waals surface area (Å²) in [6.07, 6.45) is -0.639. The van der Waals surface area contributed by atoms with Crippen molar-refractivity contribution in [1.29, 1.82) is 0 Å². The first-order valence-corrected chi connectivity index (χ1v) is 18.0. The Morgan fingerprint density at radius 3 is 1.45 bits per heavy atom. The molecule has 0 aliphatic carbocycles. The van der Waals surface area contributed by atoms with Crippen LogP contribution >= 0.6 is 14.7 Å². The Kier molecular flexibility index (Phi) is 19.9. The van der Waals surface area contributed by atoms with Gasteiger partial charge in [0.25, 0.3) is 14.7 Å². The molecular formula is C30H48N4O6P2. The van der Waals surface area contributed by atoms with Crippen molar-refractivity contribution in [2.45, 2.75) is 46.4 Å². The van der Waals surface area contributed by atoms with E-state index >= 15 is 0 Å². The van der Waals surface area contributed by atoms with Gasteiger partial charge < -0.3 is 36.3 Å². The Morgan fingerprint density at radius 1 is 0.714 bits per heavy atom. The number of nitrogens with one attached hydrogen (secondary N) is 1. The number of hydrogen-bond acceptors (Lipinski definition) is 9. The molecule has 10 nitrogen and oxygen atoms in total. The lowest BCUT2D eigenvalue weighted by Crippen LogP contribution is -2.26. The van der Waals surface area contributed by atoms with Gasteiger partial charge in [-0.05, 0) is 41.9 Å². The first kappa shape index (κ1) is 38.9. The second kappa shape index (κ2) is 21.6. The maximum Gasteiger partial charge on any atom is 0.407 e. The molecule has 12 heteroatoms. The van der Waals surface area contributed by atoms with Crippen molar-refractivity contribution >= 4 is 20.8 Å². The van der Waals surface area contributed by atoms with Crippen molar-refractivity contribution in [3.63, 3.8) is 0 Å². The zero-order valence-electron chi connectivity index (χ0n) is 25.5. The second-order valence-electron chi connectivity index (χ2n) is 9.90. The molecule has 0 fully saturated rings. The van der Waals surface area contributed by atoms with Gasteiger partial charge in [0.05, 0.1) is 6.29 Å². The Morgan fingerprint density at radius 2 is 1.07 bits per heavy atom. The van der Waals surface area contributed by atoms with E-state index in [1.54, 1.807) is 36.4 Å². The number of para-hydroxylation sites is 2. The van der Waals surface area contributed by atoms with Gasteiger partial charge in [0.15, 0.2) is 0 Å². The minimum Gasteiger partial charge on any atom is -0.445 e. The van der Waals surface area contributed by atoms with Gasteiger partial charge in [-0.3, -0.25) is 9.13 Å². The molecule has 2 unspecified atom stereocenters. The van der Waals surface area contributed by atoms with Crippen molar-refractivity contribution < 1.29 is 27.7 Å². The third kappa shape index (κ3) is 23.6. The summed E-state index contributed by atoms with van der Waals surface area (Å²) in [5, 5.41) is 2.46. The van der Waals surface area contributed by atoms with Crippen LogP contribution in [0.1, 0.15) is 33.3 Å². The average Bonchev–Trinajstić information content (AvgIpc) is 2.92. The van der Waals surface area contributed by atoms with E-state index in [9.17, 15) is 13.9 Å². The van der Waals surface area contributed by atoms with Crippen LogP contribution in [-0.2, 0) is 20.5 Å². The van der Waals surface area contributed by atoms with Crippen LogP contribution in [0.15, 0.2) is 91.0 Å². The van der Waals surface area contributed by atoms with Crippen LogP contribution in [-0.4, -0.2) is 44.1 Å². The highest BCUT2D eigenvalue weighted by molar-refractivity contribution is 7.58. The Balaban J connectivity index is 0.000000700. The number of rotatable bonds is 9. The monoisotopic (exact) mass is 622 g/mol. The lowest BCUT2D eigenvalue weighted by Gasteiger charge is -2.15. The van der Waals surface area contributed by atoms with Crippen molar-refractivity contribution in [1.82, 2.24) is 5.32 Å². The Hall–Kier alpha value is -3.13. The predicted molar refractivity (Wildman–Crippen MR) is 174 cm³/mol. The number of ether oxygens (including phenoxy) is 1. The highest BCUT2D eigenvalue weighted by Gasteiger charge is 2.19. The molecule has 0 bridgehead atoms. The zero-order chi connectivity index (χ0) is 32.0. The van der Waals surface area contributed by atoms with Crippen LogP contribution in [0.5, 0.6) is 11.5 Å². The molecule has 0 aromatic heterocycles. The molecule has 3 rings (SSSR count). The van der Waals surface area contributed by atoms with Crippen LogP contribution in [0.4, 0.5) is 4.79 Å². The topological polar surface area (TPSA) is 169 Å². The first-order chi connectivity index (χ1) is 19.7. The first-order valence-electron chi connectivity index (χ1n) is 13.4. The molecule has 0 radical (unpaired) electrons. The Labute approximate surface area is 251 Å². The molecule has 1 amide bonds. The molecule has 0 saturated carbocycles. The fraction of sp³-hybridized carbons (Fsp3) is 0.367. The van der Waals surface area contributed by atoms with Crippen molar-refractivity contribution in [3.05, 3.63) is 96.6 Å². The number of amides is 1. The van der Waals surface area contributed by atoms with Gasteiger partial charge in [-0.2, -0.15) is 0 Å². The fourth-order valence-electron chi connectivity index (χ4n) is 2.46. The summed E-state index contributed by atoms with van der Waals surface area (Å²) in [6, 6.07) is 27.9. The number of nitrogens with two attached hydrogens (primary N) is 3. The van der Waals surface area contributed by atoms with Gasteiger partial charge in [-0.1, -0.05) is 94.4 Å². The standard InChI is InChI=1S/C16H18NO4P.C8H12NO2P.2C3H9N/c1-22(19,21-15-10-6-3-7-11-15)13-17-16(18)20-12-14-8-4-2-5-9-14;1-12(10,7-9)11-8-5-3-2-4-6-8;2*1-3(2)4/h2-11H,12-13H2,1H3,(H,17,18);2-6H,7,9H2,1H3;2*3H,4H2,1-2H3. The molecule has 0 spiro atoms. The van der Waals surface area contributed by atoms with E-state index < -0.39 is 20.8 Å². The van der Waals surface area contributed by atoms with E-state index in [1.807, 2.05) is 82.3 Å². The van der Waals surface area contributed by atoms with Crippen molar-refractivity contribution in [3.8, 4) is 11.5 Å². The molecule has 234 valence electrons. The molecule has 3 aromatic carbocycles. The fourth-order valence-corrected chi connectivity index (χ4v) is 4.15. The number of alkyl carbamates (subject to hydrolysis) is 1. The van der Waals surface area contributed by atoms with E-state index in [0.29, 0.717) is 23.6 Å². The van der Waals surface area contributed by atoms with Gasteiger partial charge in [0.2, 0.25) is 0 Å². The van der Waals surface area contributed by atoms with Gasteiger partial charge in [0, 0.05) is 13.3 Å². The molecule has 2 atom stereocenters. The molecular weight excluding hydrogens is 574 g/mol. The van der Waals surface area contributed by atoms with Gasteiger partial charge >= 0.3 is 6.09 Å². The van der Waals surface area contributed by atoms with Crippen LogP contribution in [0.2, 0.25) is 0 Å². The van der Waals surface area contributed by atoms with E-state index in [4.69, 9.17) is 31.0 Å². The van der Waals surface area contributed by atoms with Crippen LogP contribution in [0, 0.1) is 0 Å². The SMILES string of the molecule is CC(C)N.CC(C)N.CP(=O)(CN)Oc1ccccc1.CP(=O)(CNC(=O)OCc1ccccc1)Oc1ccccc1. The highest BCUT2D eigenvalue weighted by Crippen LogP contribution is 2.42. The number of hydrogen-bond donors (Lipinski definition) is 4. The second-order valence-corrected chi connectivity index (χ2v) is 15.0. The summed E-state index contributed by atoms with van der Waals surface area (Å²) >= 11 is 0. The Bertz CT molecular complexity index is 1190. The molecule has 3 aromatic rings. The lowest BCUT2D eigenvalue weighted by atomic mass is 10.2. The predicted octanol–water partition coefficient (Wildman–Crippen LogP) is 6.45. The molecule has 0 heterocycles. The van der Waals surface area contributed by atoms with E-state index in [-0.39, 0.29) is 19.2 Å². The van der Waals surface area contributed by atoms with Gasteiger partial charge in [-0.25, -0.2) is 4.79 Å². The van der Waals surface area contributed by atoms with Crippen LogP contribution in [0.25, 0.3) is 0 Å². The van der Waals surface area contributed by atoms with Crippen molar-refractivity contribution in [2.24, 2.45) is 17.2 Å². The number of carbonyl (C=O) groups excluding carboxylic acids is 1. The molecule has 0 aliphatic rings. The van der Waals surface area contributed by atoms with Gasteiger partial charge in [-0.15, -0.1) is 0 Å². The minimum atomic E-state index is -2.98. The number of carbonyl (C=O) groups is 1. The summed E-state index contributed by atoms with van der Waals surface area (Å²) in [7, 11) is -5.59. The van der Waals surface area contributed by atoms with E-state index in [2.05, 4.69) is 5.32 Å². The van der Waals surface area contributed by atoms with E-state index in [1.165, 1.54) is 13.3 Å². The average molecular weight is 623 g/mol. The highest BCUT2D eigenvalue weighted by atomic mass is 31.2. The maximum absolute atomic E-state index is 12.3. The van der Waals surface area contributed by atoms with Crippen molar-refractivity contribution in [2.75, 3.05) is 25.9 Å². The summed E-state index contributed by atoms with van der Waals surface area (Å²) in [5.74, 6) is 1.11. The maximum atomic E-state index is 12.3. The summed E-state index contributed by atoms with van der Waals surface area (Å²) in [5.41, 5.74) is 16.4. The van der Waals surface area contributed by atoms with Crippen LogP contribution in [0.3, 0.4) is 0 Å². The van der Waals surface area contributed by atoms with E-state index in [0.717, 1.165) is 5.56 Å². The minimum absolute atomic E-state index is 0.0713. The molecule has 0 aliphatic heterocycles. The summed E-state index contributed by atoms with van der Waals surface area (Å²) in [4.78, 5) is 11.6. The largest absolute Gasteiger partial charge is 0.445 e. The van der Waals surface area contributed by atoms with Crippen LogP contribution < -0.4 is 31.6 Å². The smallest absolute Gasteiger partial charge is 0.407 e. The third-order valence-corrected chi connectivity index (χ3v) is 6.73. The zero-order valence-corrected chi connectivity index (χ0v) is 27.3. The normalized spacial score (nSPS) is 12.8. The lowest BCUT2D eigenvalue weighted by molar-refractivity contribution is 0.141.